The molecule has 0 spiro atoms. The van der Waals surface area contributed by atoms with Crippen molar-refractivity contribution in [3.8, 4) is 0 Å². The highest BCUT2D eigenvalue weighted by Crippen LogP contribution is 2.31. The van der Waals surface area contributed by atoms with Crippen LogP contribution in [0.1, 0.15) is 50.3 Å². The van der Waals surface area contributed by atoms with Gasteiger partial charge in [0.05, 0.1) is 0 Å². The van der Waals surface area contributed by atoms with Crippen molar-refractivity contribution in [2.24, 2.45) is 5.92 Å². The number of rotatable bonds is 4. The first-order valence-electron chi connectivity index (χ1n) is 6.70. The van der Waals surface area contributed by atoms with E-state index in [4.69, 9.17) is 0 Å². The quantitative estimate of drug-likeness (QED) is 0.851. The molecule has 1 N–H and O–H groups in total. The fraction of sp³-hybridized carbons (Fsp3) is 0.600. The van der Waals surface area contributed by atoms with E-state index in [0.29, 0.717) is 23.1 Å². The van der Waals surface area contributed by atoms with Crippen LogP contribution in [0.15, 0.2) is 12.1 Å². The minimum Gasteiger partial charge on any atom is -0.307 e. The molecule has 2 unspecified atom stereocenters. The van der Waals surface area contributed by atoms with Gasteiger partial charge in [0.1, 0.15) is 11.6 Å². The van der Waals surface area contributed by atoms with E-state index >= 15 is 0 Å². The monoisotopic (exact) mass is 253 g/mol. The zero-order chi connectivity index (χ0) is 13.3. The Morgan fingerprint density at radius 2 is 1.83 bits per heavy atom. The molecule has 0 heterocycles. The summed E-state index contributed by atoms with van der Waals surface area (Å²) in [6.07, 6.45) is 3.77. The van der Waals surface area contributed by atoms with Gasteiger partial charge in [0.25, 0.3) is 0 Å². The van der Waals surface area contributed by atoms with Gasteiger partial charge in [-0.05, 0) is 57.2 Å². The van der Waals surface area contributed by atoms with Crippen LogP contribution in [0.5, 0.6) is 0 Å². The van der Waals surface area contributed by atoms with Crippen molar-refractivity contribution in [2.75, 3.05) is 0 Å². The van der Waals surface area contributed by atoms with Crippen molar-refractivity contribution in [2.45, 2.75) is 52.1 Å². The molecule has 2 atom stereocenters. The highest BCUT2D eigenvalue weighted by atomic mass is 19.1. The predicted octanol–water partition coefficient (Wildman–Crippen LogP) is 4.11. The lowest BCUT2D eigenvalue weighted by Gasteiger charge is -2.34. The van der Waals surface area contributed by atoms with Gasteiger partial charge >= 0.3 is 0 Å². The predicted molar refractivity (Wildman–Crippen MR) is 69.4 cm³/mol. The van der Waals surface area contributed by atoms with Gasteiger partial charge in [-0.25, -0.2) is 8.78 Å². The van der Waals surface area contributed by atoms with E-state index in [1.54, 1.807) is 6.92 Å². The Morgan fingerprint density at radius 3 is 2.39 bits per heavy atom. The summed E-state index contributed by atoms with van der Waals surface area (Å²) in [6, 6.07) is 2.79. The fourth-order valence-electron chi connectivity index (χ4n) is 2.55. The van der Waals surface area contributed by atoms with Crippen LogP contribution in [0.4, 0.5) is 8.78 Å². The first kappa shape index (κ1) is 13.5. The van der Waals surface area contributed by atoms with Crippen LogP contribution in [0, 0.1) is 24.5 Å². The molecule has 1 aliphatic carbocycles. The Labute approximate surface area is 108 Å². The van der Waals surface area contributed by atoms with Gasteiger partial charge in [-0.3, -0.25) is 0 Å². The molecule has 0 aromatic heterocycles. The van der Waals surface area contributed by atoms with Crippen LogP contribution in [0.2, 0.25) is 0 Å². The second kappa shape index (κ2) is 5.35. The molecule has 1 fully saturated rings. The van der Waals surface area contributed by atoms with Crippen LogP contribution < -0.4 is 5.32 Å². The van der Waals surface area contributed by atoms with Crippen LogP contribution in [-0.4, -0.2) is 6.04 Å². The third-order valence-corrected chi connectivity index (χ3v) is 4.11. The topological polar surface area (TPSA) is 12.0 Å². The highest BCUT2D eigenvalue weighted by Gasteiger charge is 2.25. The van der Waals surface area contributed by atoms with Crippen molar-refractivity contribution in [1.29, 1.82) is 0 Å². The van der Waals surface area contributed by atoms with E-state index in [9.17, 15) is 8.78 Å². The van der Waals surface area contributed by atoms with Crippen molar-refractivity contribution in [3.63, 3.8) is 0 Å². The summed E-state index contributed by atoms with van der Waals surface area (Å²) in [7, 11) is 0. The summed E-state index contributed by atoms with van der Waals surface area (Å²) in [5.41, 5.74) is 0.778. The van der Waals surface area contributed by atoms with Gasteiger partial charge in [0, 0.05) is 17.6 Å². The molecule has 1 aliphatic rings. The summed E-state index contributed by atoms with van der Waals surface area (Å²) < 4.78 is 27.3. The lowest BCUT2D eigenvalue weighted by molar-refractivity contribution is 0.228. The lowest BCUT2D eigenvalue weighted by Crippen LogP contribution is -2.38. The average Bonchev–Trinajstić information content (AvgIpc) is 2.20. The highest BCUT2D eigenvalue weighted by molar-refractivity contribution is 5.27. The molecule has 0 amide bonds. The maximum atomic E-state index is 13.8. The lowest BCUT2D eigenvalue weighted by atomic mass is 9.80. The second-order valence-corrected chi connectivity index (χ2v) is 5.49. The molecule has 0 bridgehead atoms. The molecule has 18 heavy (non-hydrogen) atoms. The molecule has 1 nitrogen and oxygen atoms in total. The van der Waals surface area contributed by atoms with Gasteiger partial charge in [-0.1, -0.05) is 6.42 Å². The molecule has 3 heteroatoms. The Balaban J connectivity index is 2.08. The van der Waals surface area contributed by atoms with Gasteiger partial charge < -0.3 is 5.32 Å². The summed E-state index contributed by atoms with van der Waals surface area (Å²) in [4.78, 5) is 0. The van der Waals surface area contributed by atoms with E-state index in [1.807, 2.05) is 6.92 Å². The standard InChI is InChI=1S/C15H21F2N/c1-9-7-15(17)13(8-14(9)16)11(3)18-10(2)12-5-4-6-12/h7-8,10-12,18H,4-6H2,1-3H3. The zero-order valence-electron chi connectivity index (χ0n) is 11.3. The number of halogens is 2. The molecule has 1 aromatic rings. The first-order valence-corrected chi connectivity index (χ1v) is 6.70. The SMILES string of the molecule is Cc1cc(F)c(C(C)NC(C)C2CCC2)cc1F. The Hall–Kier alpha value is -0.960. The maximum Gasteiger partial charge on any atom is 0.128 e. The van der Waals surface area contributed by atoms with Crippen molar-refractivity contribution < 1.29 is 8.78 Å². The largest absolute Gasteiger partial charge is 0.307 e. The van der Waals surface area contributed by atoms with Gasteiger partial charge in [0.15, 0.2) is 0 Å². The Bertz CT molecular complexity index is 427. The maximum absolute atomic E-state index is 13.8. The number of benzene rings is 1. The molecule has 2 rings (SSSR count). The minimum atomic E-state index is -0.337. The normalized spacial score (nSPS) is 19.4. The van der Waals surface area contributed by atoms with E-state index in [-0.39, 0.29) is 17.7 Å². The van der Waals surface area contributed by atoms with Crippen molar-refractivity contribution in [3.05, 3.63) is 34.9 Å². The van der Waals surface area contributed by atoms with E-state index in [0.717, 1.165) is 0 Å². The smallest absolute Gasteiger partial charge is 0.128 e. The molecular formula is C15H21F2N. The molecule has 1 saturated carbocycles. The molecule has 0 radical (unpaired) electrons. The average molecular weight is 253 g/mol. The van der Waals surface area contributed by atoms with Crippen molar-refractivity contribution >= 4 is 0 Å². The Kier molecular flexibility index (Phi) is 4.00. The fourth-order valence-corrected chi connectivity index (χ4v) is 2.55. The van der Waals surface area contributed by atoms with Gasteiger partial charge in [-0.2, -0.15) is 0 Å². The van der Waals surface area contributed by atoms with Crippen LogP contribution in [-0.2, 0) is 0 Å². The molecule has 0 saturated heterocycles. The van der Waals surface area contributed by atoms with Crippen molar-refractivity contribution in [1.82, 2.24) is 5.32 Å². The molecular weight excluding hydrogens is 232 g/mol. The second-order valence-electron chi connectivity index (χ2n) is 5.49. The molecule has 0 aliphatic heterocycles. The first-order chi connectivity index (χ1) is 8.49. The number of nitrogens with one attached hydrogen (secondary N) is 1. The summed E-state index contributed by atoms with van der Waals surface area (Å²) in [5, 5.41) is 3.38. The van der Waals surface area contributed by atoms with Gasteiger partial charge in [0.2, 0.25) is 0 Å². The molecule has 100 valence electrons. The summed E-state index contributed by atoms with van der Waals surface area (Å²) in [6.45, 7) is 5.60. The zero-order valence-corrected chi connectivity index (χ0v) is 11.3. The van der Waals surface area contributed by atoms with E-state index < -0.39 is 0 Å². The van der Waals surface area contributed by atoms with Crippen LogP contribution in [0.3, 0.4) is 0 Å². The summed E-state index contributed by atoms with van der Waals surface area (Å²) >= 11 is 0. The molecule has 1 aromatic carbocycles. The van der Waals surface area contributed by atoms with Crippen LogP contribution >= 0.6 is 0 Å². The van der Waals surface area contributed by atoms with E-state index in [1.165, 1.54) is 31.4 Å². The van der Waals surface area contributed by atoms with Gasteiger partial charge in [-0.15, -0.1) is 0 Å². The number of hydrogen-bond donors (Lipinski definition) is 1. The third-order valence-electron chi connectivity index (χ3n) is 4.11. The Morgan fingerprint density at radius 1 is 1.17 bits per heavy atom. The number of aryl methyl sites for hydroxylation is 1. The third kappa shape index (κ3) is 2.72. The van der Waals surface area contributed by atoms with Crippen LogP contribution in [0.25, 0.3) is 0 Å². The number of hydrogen-bond acceptors (Lipinski definition) is 1. The summed E-state index contributed by atoms with van der Waals surface area (Å²) in [5.74, 6) is 0.0249. The minimum absolute atomic E-state index is 0.157. The van der Waals surface area contributed by atoms with E-state index in [2.05, 4.69) is 12.2 Å².